The van der Waals surface area contributed by atoms with Crippen LogP contribution >= 0.6 is 22.9 Å². The van der Waals surface area contributed by atoms with Crippen molar-refractivity contribution in [2.45, 2.75) is 38.0 Å². The molecule has 2 heterocycles. The number of rotatable bonds is 5. The summed E-state index contributed by atoms with van der Waals surface area (Å²) >= 11 is 6.68. The number of hydrogen-bond donors (Lipinski definition) is 2. The minimum absolute atomic E-state index is 0.0208. The van der Waals surface area contributed by atoms with E-state index >= 15 is 0 Å². The van der Waals surface area contributed by atoms with Crippen LogP contribution in [0, 0.1) is 5.92 Å². The van der Waals surface area contributed by atoms with E-state index in [0.29, 0.717) is 28.3 Å². The number of nitrogens with zero attached hydrogens (tertiary/aromatic N) is 3. The van der Waals surface area contributed by atoms with Crippen molar-refractivity contribution in [2.24, 2.45) is 21.9 Å². The molecule has 5 rings (SSSR count). The molecule has 182 valence electrons. The molecule has 2 aromatic carbocycles. The minimum Gasteiger partial charge on any atom is -0.493 e. The fraction of sp³-hybridized carbons (Fsp3) is 0.292. The second-order valence-electron chi connectivity index (χ2n) is 8.80. The van der Waals surface area contributed by atoms with Gasteiger partial charge < -0.3 is 10.8 Å². The standard InChI is InChI=1S/C24H20ClF3N4O2S/c25-16-3-1-14(19(9-16)24(26,27)28)8-18(13-2-4-20-15(7-13)10-30-31-20)21-22(33)32(23(34)35-21)11-12-5-17(29)6-12/h1-4,7,9-10,12,17,33H,5-6,8,11,29H2. The van der Waals surface area contributed by atoms with Crippen LogP contribution in [0.4, 0.5) is 13.2 Å². The zero-order chi connectivity index (χ0) is 24.9. The van der Waals surface area contributed by atoms with Gasteiger partial charge in [0.2, 0.25) is 5.88 Å². The Labute approximate surface area is 206 Å². The maximum atomic E-state index is 13.8. The van der Waals surface area contributed by atoms with Crippen molar-refractivity contribution in [3.05, 3.63) is 83.2 Å². The van der Waals surface area contributed by atoms with Gasteiger partial charge in [-0.3, -0.25) is 9.36 Å². The van der Waals surface area contributed by atoms with E-state index in [1.54, 1.807) is 24.4 Å². The lowest BCUT2D eigenvalue weighted by atomic mass is 9.81. The minimum atomic E-state index is -4.63. The van der Waals surface area contributed by atoms with Gasteiger partial charge in [-0.25, -0.2) is 0 Å². The van der Waals surface area contributed by atoms with E-state index in [1.807, 2.05) is 0 Å². The van der Waals surface area contributed by atoms with Crippen molar-refractivity contribution in [3.63, 3.8) is 0 Å². The lowest BCUT2D eigenvalue weighted by Gasteiger charge is -2.32. The summed E-state index contributed by atoms with van der Waals surface area (Å²) in [6.07, 6.45) is -1.75. The van der Waals surface area contributed by atoms with Gasteiger partial charge >= 0.3 is 11.0 Å². The lowest BCUT2D eigenvalue weighted by molar-refractivity contribution is -0.138. The number of aromatic nitrogens is 1. The smallest absolute Gasteiger partial charge is 0.416 e. The second-order valence-corrected chi connectivity index (χ2v) is 10.2. The van der Waals surface area contributed by atoms with Gasteiger partial charge in [-0.1, -0.05) is 35.1 Å². The summed E-state index contributed by atoms with van der Waals surface area (Å²) in [4.78, 5) is 12.7. The normalized spacial score (nSPS) is 19.8. The van der Waals surface area contributed by atoms with Gasteiger partial charge in [0.25, 0.3) is 0 Å². The molecule has 0 spiro atoms. The van der Waals surface area contributed by atoms with E-state index in [9.17, 15) is 23.1 Å². The number of benzene rings is 2. The molecule has 0 unspecified atom stereocenters. The number of halogens is 4. The predicted octanol–water partition coefficient (Wildman–Crippen LogP) is 3.43. The number of hydrogen-bond acceptors (Lipinski definition) is 6. The fourth-order valence-electron chi connectivity index (χ4n) is 4.51. The quantitative estimate of drug-likeness (QED) is 0.540. The Kier molecular flexibility index (Phi) is 6.06. The van der Waals surface area contributed by atoms with Crippen LogP contribution < -0.4 is 21.2 Å². The van der Waals surface area contributed by atoms with Crippen LogP contribution in [0.15, 0.2) is 51.4 Å². The Hall–Kier alpha value is -2.95. The van der Waals surface area contributed by atoms with Crippen molar-refractivity contribution < 1.29 is 18.3 Å². The highest BCUT2D eigenvalue weighted by atomic mass is 35.5. The van der Waals surface area contributed by atoms with E-state index in [2.05, 4.69) is 10.2 Å². The predicted molar refractivity (Wildman–Crippen MR) is 128 cm³/mol. The van der Waals surface area contributed by atoms with Crippen molar-refractivity contribution in [3.8, 4) is 5.88 Å². The number of thiazole rings is 1. The zero-order valence-electron chi connectivity index (χ0n) is 18.2. The van der Waals surface area contributed by atoms with Gasteiger partial charge in [-0.05, 0) is 59.4 Å². The van der Waals surface area contributed by atoms with E-state index in [1.165, 1.54) is 16.7 Å². The third-order valence-electron chi connectivity index (χ3n) is 6.34. The molecular formula is C24H20ClF3N4O2S. The summed E-state index contributed by atoms with van der Waals surface area (Å²) in [5.74, 6) is -0.0812. The van der Waals surface area contributed by atoms with Gasteiger partial charge in [-0.2, -0.15) is 23.4 Å². The first-order chi connectivity index (χ1) is 16.6. The molecule has 35 heavy (non-hydrogen) atoms. The average molecular weight is 521 g/mol. The van der Waals surface area contributed by atoms with Crippen molar-refractivity contribution in [1.29, 1.82) is 0 Å². The number of fused-ring (bicyclic) bond motifs is 1. The molecule has 0 amide bonds. The summed E-state index contributed by atoms with van der Waals surface area (Å²) in [5, 5.41) is 20.1. The third kappa shape index (κ3) is 4.65. The molecule has 6 nitrogen and oxygen atoms in total. The first-order valence-corrected chi connectivity index (χ1v) is 12.1. The van der Waals surface area contributed by atoms with Crippen LogP contribution in [-0.2, 0) is 19.1 Å². The molecule has 3 N–H and O–H groups in total. The molecule has 1 aliphatic carbocycles. The highest BCUT2D eigenvalue weighted by molar-refractivity contribution is 7.10. The molecule has 0 atom stereocenters. The number of nitrogens with two attached hydrogens (primary N) is 1. The van der Waals surface area contributed by atoms with Gasteiger partial charge in [0, 0.05) is 29.6 Å². The van der Waals surface area contributed by atoms with Gasteiger partial charge in [0.1, 0.15) is 0 Å². The summed E-state index contributed by atoms with van der Waals surface area (Å²) in [6.45, 7) is 0.312. The Morgan fingerprint density at radius 3 is 2.71 bits per heavy atom. The van der Waals surface area contributed by atoms with Gasteiger partial charge in [-0.15, -0.1) is 0 Å². The monoisotopic (exact) mass is 520 g/mol. The maximum Gasteiger partial charge on any atom is 0.416 e. The van der Waals surface area contributed by atoms with E-state index in [4.69, 9.17) is 17.3 Å². The summed E-state index contributed by atoms with van der Waals surface area (Å²) in [7, 11) is 0. The maximum absolute atomic E-state index is 13.8. The van der Waals surface area contributed by atoms with E-state index in [0.717, 1.165) is 30.2 Å². The SMILES string of the molecule is NC1CC(Cn2c(O)c(C(Cc3ccc(Cl)cc3C(F)(F)F)=c3ccc4c(c3)C=NN=4)sc2=O)C1. The summed E-state index contributed by atoms with van der Waals surface area (Å²) < 4.78 is 42.8. The first kappa shape index (κ1) is 23.8. The molecule has 1 saturated carbocycles. The van der Waals surface area contributed by atoms with Crippen molar-refractivity contribution in [2.75, 3.05) is 0 Å². The molecular weight excluding hydrogens is 501 g/mol. The number of alkyl halides is 3. The topological polar surface area (TPSA) is 93.0 Å². The van der Waals surface area contributed by atoms with Crippen molar-refractivity contribution >= 4 is 34.7 Å². The van der Waals surface area contributed by atoms with Crippen molar-refractivity contribution in [1.82, 2.24) is 4.57 Å². The largest absolute Gasteiger partial charge is 0.493 e. The molecule has 1 aromatic heterocycles. The Morgan fingerprint density at radius 2 is 2.00 bits per heavy atom. The van der Waals surface area contributed by atoms with Crippen LogP contribution in [0.2, 0.25) is 5.02 Å². The zero-order valence-corrected chi connectivity index (χ0v) is 19.8. The Balaban J connectivity index is 1.67. The van der Waals surface area contributed by atoms with Crippen LogP contribution in [-0.4, -0.2) is 21.9 Å². The van der Waals surface area contributed by atoms with Crippen LogP contribution in [0.5, 0.6) is 5.88 Å². The summed E-state index contributed by atoms with van der Waals surface area (Å²) in [5.41, 5.74) is 6.05. The van der Waals surface area contributed by atoms with Gasteiger partial charge in [0.05, 0.1) is 22.0 Å². The van der Waals surface area contributed by atoms with Gasteiger partial charge in [0.15, 0.2) is 0 Å². The Morgan fingerprint density at radius 1 is 1.23 bits per heavy atom. The molecule has 0 bridgehead atoms. The lowest BCUT2D eigenvalue weighted by Crippen LogP contribution is -2.39. The van der Waals surface area contributed by atoms with Crippen LogP contribution in [0.1, 0.15) is 34.4 Å². The molecule has 2 aliphatic rings. The third-order valence-corrected chi connectivity index (χ3v) is 7.60. The van der Waals surface area contributed by atoms with E-state index < -0.39 is 11.7 Å². The molecule has 1 aliphatic heterocycles. The fourth-order valence-corrected chi connectivity index (χ4v) is 5.64. The molecule has 1 fully saturated rings. The summed E-state index contributed by atoms with van der Waals surface area (Å²) in [6, 6.07) is 8.84. The van der Waals surface area contributed by atoms with Crippen LogP contribution in [0.3, 0.4) is 0 Å². The molecule has 0 radical (unpaired) electrons. The Bertz CT molecular complexity index is 1520. The first-order valence-electron chi connectivity index (χ1n) is 10.9. The van der Waals surface area contributed by atoms with Crippen LogP contribution in [0.25, 0.3) is 5.57 Å². The molecule has 3 aromatic rings. The van der Waals surface area contributed by atoms with E-state index in [-0.39, 0.29) is 44.6 Å². The average Bonchev–Trinajstić information content (AvgIpc) is 3.35. The highest BCUT2D eigenvalue weighted by Crippen LogP contribution is 2.37. The molecule has 0 saturated heterocycles. The second kappa shape index (κ2) is 8.92. The number of aromatic hydroxyl groups is 1. The highest BCUT2D eigenvalue weighted by Gasteiger charge is 2.34. The molecule has 11 heteroatoms.